The molecule has 0 spiro atoms. The van der Waals surface area contributed by atoms with Crippen molar-refractivity contribution in [2.45, 2.75) is 30.2 Å². The number of benzene rings is 4. The van der Waals surface area contributed by atoms with E-state index in [1.54, 1.807) is 42.5 Å². The molecule has 0 atom stereocenters. The van der Waals surface area contributed by atoms with Crippen LogP contribution >= 0.6 is 0 Å². The fourth-order valence-corrected chi connectivity index (χ4v) is 6.40. The van der Waals surface area contributed by atoms with Gasteiger partial charge in [-0.3, -0.25) is 8.37 Å². The topological polar surface area (TPSA) is 151 Å². The molecule has 0 aliphatic rings. The molecule has 0 heterocycles. The maximum Gasteiger partial charge on any atom is 0.297 e. The van der Waals surface area contributed by atoms with Gasteiger partial charge in [-0.2, -0.15) is 16.8 Å². The number of ether oxygens (including phenoxy) is 7. The zero-order valence-electron chi connectivity index (χ0n) is 30.6. The molecule has 0 aliphatic heterocycles. The number of aryl methyl sites for hydroxylation is 2. The molecule has 54 heavy (non-hydrogen) atoms. The average Bonchev–Trinajstić information content (AvgIpc) is 3.16. The molecule has 0 radical (unpaired) electrons. The van der Waals surface area contributed by atoms with Crippen LogP contribution in [0.3, 0.4) is 0 Å². The van der Waals surface area contributed by atoms with E-state index in [4.69, 9.17) is 41.5 Å². The molecule has 0 bridgehead atoms. The third kappa shape index (κ3) is 15.4. The molecule has 15 heteroatoms. The summed E-state index contributed by atoms with van der Waals surface area (Å²) >= 11 is 0. The summed E-state index contributed by atoms with van der Waals surface area (Å²) in [7, 11) is -7.67. The van der Waals surface area contributed by atoms with Gasteiger partial charge < -0.3 is 33.2 Å². The maximum absolute atomic E-state index is 12.3. The lowest BCUT2D eigenvalue weighted by atomic mass is 10.2. The Morgan fingerprint density at radius 1 is 0.407 bits per heavy atom. The van der Waals surface area contributed by atoms with Crippen LogP contribution in [0.15, 0.2) is 107 Å². The first-order chi connectivity index (χ1) is 26.1. The average molecular weight is 789 g/mol. The first kappa shape index (κ1) is 42.7. The van der Waals surface area contributed by atoms with Crippen molar-refractivity contribution in [1.82, 2.24) is 0 Å². The highest BCUT2D eigenvalue weighted by molar-refractivity contribution is 7.87. The fraction of sp³-hybridized carbons (Fsp3) is 0.385. The minimum absolute atomic E-state index is 0.0950. The van der Waals surface area contributed by atoms with Crippen molar-refractivity contribution >= 4 is 20.2 Å². The zero-order valence-corrected chi connectivity index (χ0v) is 32.2. The Balaban J connectivity index is 1.11. The van der Waals surface area contributed by atoms with Gasteiger partial charge in [-0.05, 0) is 55.8 Å². The van der Waals surface area contributed by atoms with Crippen molar-refractivity contribution in [3.05, 3.63) is 114 Å². The van der Waals surface area contributed by atoms with Gasteiger partial charge in [0, 0.05) is 0 Å². The molecule has 4 rings (SSSR count). The standard InChI is InChI=1S/C39H48O13S2/c1-32-11-15-35(16-12-32)53(40,41)51-29-25-46-21-19-44-23-27-48-37-9-6-10-38(39(37)50-31-34-7-4-3-5-8-34)49-28-24-45-20-22-47-26-30-52-54(42,43)36-17-13-33(2)14-18-36/h3-18H,19-31H2,1-2H3. The van der Waals surface area contributed by atoms with E-state index in [0.717, 1.165) is 16.7 Å². The Labute approximate surface area is 318 Å². The summed E-state index contributed by atoms with van der Waals surface area (Å²) in [4.78, 5) is 0.205. The Morgan fingerprint density at radius 3 is 1.22 bits per heavy atom. The SMILES string of the molecule is Cc1ccc(S(=O)(=O)OCCOCCOCCOc2cccc(OCCOCCOCCOS(=O)(=O)c3ccc(C)cc3)c2OCc2ccccc2)cc1. The fourth-order valence-electron chi connectivity index (χ4n) is 4.61. The number of hydrogen-bond donors (Lipinski definition) is 0. The van der Waals surface area contributed by atoms with Crippen LogP contribution < -0.4 is 14.2 Å². The summed E-state index contributed by atoms with van der Waals surface area (Å²) in [5.74, 6) is 1.40. The summed E-state index contributed by atoms with van der Waals surface area (Å²) in [5, 5.41) is 0. The summed E-state index contributed by atoms with van der Waals surface area (Å²) in [6.07, 6.45) is 0. The van der Waals surface area contributed by atoms with Crippen LogP contribution in [-0.2, 0) is 54.2 Å². The van der Waals surface area contributed by atoms with E-state index in [0.29, 0.717) is 23.9 Å². The molecule has 0 saturated heterocycles. The minimum atomic E-state index is -3.83. The molecule has 0 unspecified atom stereocenters. The second-order valence-corrected chi connectivity index (χ2v) is 14.9. The van der Waals surface area contributed by atoms with E-state index >= 15 is 0 Å². The highest BCUT2D eigenvalue weighted by Crippen LogP contribution is 2.38. The first-order valence-electron chi connectivity index (χ1n) is 17.4. The lowest BCUT2D eigenvalue weighted by molar-refractivity contribution is 0.0266. The van der Waals surface area contributed by atoms with E-state index in [1.807, 2.05) is 44.2 Å². The van der Waals surface area contributed by atoms with Crippen molar-refractivity contribution in [2.75, 3.05) is 79.3 Å². The summed E-state index contributed by atoms with van der Waals surface area (Å²) in [5.41, 5.74) is 2.89. The quantitative estimate of drug-likeness (QED) is 0.0552. The molecule has 4 aromatic rings. The van der Waals surface area contributed by atoms with Crippen molar-refractivity contribution < 1.29 is 58.4 Å². The first-order valence-corrected chi connectivity index (χ1v) is 20.2. The lowest BCUT2D eigenvalue weighted by Crippen LogP contribution is -2.15. The maximum atomic E-state index is 12.3. The van der Waals surface area contributed by atoms with Gasteiger partial charge in [0.1, 0.15) is 19.8 Å². The molecular weight excluding hydrogens is 741 g/mol. The van der Waals surface area contributed by atoms with Crippen LogP contribution in [-0.4, -0.2) is 96.1 Å². The van der Waals surface area contributed by atoms with Crippen LogP contribution in [0.5, 0.6) is 17.2 Å². The molecule has 0 aliphatic carbocycles. The lowest BCUT2D eigenvalue weighted by Gasteiger charge is -2.17. The molecule has 0 aromatic heterocycles. The van der Waals surface area contributed by atoms with Crippen molar-refractivity contribution in [2.24, 2.45) is 0 Å². The van der Waals surface area contributed by atoms with E-state index in [9.17, 15) is 16.8 Å². The summed E-state index contributed by atoms with van der Waals surface area (Å²) in [6.45, 7) is 6.11. The predicted octanol–water partition coefficient (Wildman–Crippen LogP) is 5.52. The molecule has 0 N–H and O–H groups in total. The van der Waals surface area contributed by atoms with Gasteiger partial charge in [-0.15, -0.1) is 0 Å². The van der Waals surface area contributed by atoms with Crippen LogP contribution in [0.4, 0.5) is 0 Å². The molecule has 4 aromatic carbocycles. The van der Waals surface area contributed by atoms with Crippen LogP contribution in [0.1, 0.15) is 16.7 Å². The van der Waals surface area contributed by atoms with Gasteiger partial charge in [0.2, 0.25) is 5.75 Å². The predicted molar refractivity (Wildman–Crippen MR) is 200 cm³/mol. The molecule has 0 fully saturated rings. The van der Waals surface area contributed by atoms with E-state index in [-0.39, 0.29) is 89.1 Å². The smallest absolute Gasteiger partial charge is 0.297 e. The third-order valence-corrected chi connectivity index (χ3v) is 10.1. The highest BCUT2D eigenvalue weighted by atomic mass is 32.2. The highest BCUT2D eigenvalue weighted by Gasteiger charge is 2.16. The molecule has 294 valence electrons. The van der Waals surface area contributed by atoms with Gasteiger partial charge >= 0.3 is 0 Å². The van der Waals surface area contributed by atoms with E-state index < -0.39 is 20.2 Å². The normalized spacial score (nSPS) is 11.7. The van der Waals surface area contributed by atoms with Crippen molar-refractivity contribution in [1.29, 1.82) is 0 Å². The Morgan fingerprint density at radius 2 is 0.796 bits per heavy atom. The van der Waals surface area contributed by atoms with Gasteiger partial charge in [0.05, 0.1) is 75.9 Å². The largest absolute Gasteiger partial charge is 0.487 e. The van der Waals surface area contributed by atoms with Crippen molar-refractivity contribution in [3.63, 3.8) is 0 Å². The second kappa shape index (κ2) is 23.0. The van der Waals surface area contributed by atoms with Crippen LogP contribution in [0, 0.1) is 13.8 Å². The molecule has 13 nitrogen and oxygen atoms in total. The third-order valence-electron chi connectivity index (χ3n) is 7.43. The van der Waals surface area contributed by atoms with Crippen LogP contribution in [0.25, 0.3) is 0 Å². The minimum Gasteiger partial charge on any atom is -0.487 e. The summed E-state index contributed by atoms with van der Waals surface area (Å²) < 4.78 is 99.3. The molecule has 0 saturated carbocycles. The number of hydrogen-bond acceptors (Lipinski definition) is 13. The van der Waals surface area contributed by atoms with Gasteiger partial charge in [0.15, 0.2) is 11.5 Å². The number of rotatable bonds is 27. The second-order valence-electron chi connectivity index (χ2n) is 11.7. The zero-order chi connectivity index (χ0) is 38.5. The Kier molecular flexibility index (Phi) is 18.2. The monoisotopic (exact) mass is 788 g/mol. The number of para-hydroxylation sites is 1. The van der Waals surface area contributed by atoms with Crippen LogP contribution in [0.2, 0.25) is 0 Å². The molecular formula is C39H48O13S2. The van der Waals surface area contributed by atoms with Crippen molar-refractivity contribution in [3.8, 4) is 17.2 Å². The van der Waals surface area contributed by atoms with Gasteiger partial charge in [-0.1, -0.05) is 71.8 Å². The van der Waals surface area contributed by atoms with Gasteiger partial charge in [0.25, 0.3) is 20.2 Å². The Hall–Kier alpha value is -4.06. The Bertz CT molecular complexity index is 1750. The van der Waals surface area contributed by atoms with Gasteiger partial charge in [-0.25, -0.2) is 0 Å². The molecule has 0 amide bonds. The summed E-state index contributed by atoms with van der Waals surface area (Å²) in [6, 6.07) is 27.9. The van der Waals surface area contributed by atoms with E-state index in [2.05, 4.69) is 0 Å². The van der Waals surface area contributed by atoms with E-state index in [1.165, 1.54) is 24.3 Å².